The minimum absolute atomic E-state index is 0.709. The molecule has 0 nitrogen and oxygen atoms in total. The highest BCUT2D eigenvalue weighted by Crippen LogP contribution is 2.59. The van der Waals surface area contributed by atoms with Crippen molar-refractivity contribution >= 4 is 7.92 Å². The van der Waals surface area contributed by atoms with Gasteiger partial charge in [-0.25, -0.2) is 0 Å². The molecule has 0 aliphatic rings. The van der Waals surface area contributed by atoms with Gasteiger partial charge in [-0.2, -0.15) is 0 Å². The van der Waals surface area contributed by atoms with Gasteiger partial charge in [-0.3, -0.25) is 0 Å². The summed E-state index contributed by atoms with van der Waals surface area (Å²) >= 11 is 0. The van der Waals surface area contributed by atoms with E-state index in [2.05, 4.69) is 38.0 Å². The number of allylic oxidation sites excluding steroid dienone is 15. The molecule has 0 aliphatic heterocycles. The molecule has 0 rings (SSSR count). The van der Waals surface area contributed by atoms with Crippen molar-refractivity contribution in [3.05, 3.63) is 109 Å². The molecule has 116 valence electrons. The van der Waals surface area contributed by atoms with Gasteiger partial charge in [0.1, 0.15) is 0 Å². The van der Waals surface area contributed by atoms with Crippen molar-refractivity contribution in [1.29, 1.82) is 0 Å². The van der Waals surface area contributed by atoms with E-state index in [0.29, 0.717) is 0 Å². The Kier molecular flexibility index (Phi) is 11.7. The SMILES string of the molecule is C=C/C=C(\C=C/C)P(C(=C)/C=C\C=C/C)/C(C=C)=C/C=C\C. The summed E-state index contributed by atoms with van der Waals surface area (Å²) in [5.74, 6) is 0. The second-order valence-electron chi connectivity index (χ2n) is 4.36. The van der Waals surface area contributed by atoms with Crippen molar-refractivity contribution in [2.45, 2.75) is 20.8 Å². The molecule has 0 fully saturated rings. The minimum Gasteiger partial charge on any atom is -0.0990 e. The van der Waals surface area contributed by atoms with Crippen LogP contribution in [0, 0.1) is 0 Å². The fraction of sp³-hybridized carbons (Fsp3) is 0.143. The lowest BCUT2D eigenvalue weighted by Gasteiger charge is -2.21. The van der Waals surface area contributed by atoms with Crippen LogP contribution in [0.5, 0.6) is 0 Å². The third-order valence-electron chi connectivity index (χ3n) is 2.69. The highest BCUT2D eigenvalue weighted by atomic mass is 31.1. The first-order chi connectivity index (χ1) is 10.7. The predicted octanol–water partition coefficient (Wildman–Crippen LogP) is 7.41. The molecule has 0 radical (unpaired) electrons. The van der Waals surface area contributed by atoms with Crippen LogP contribution in [0.15, 0.2) is 109 Å². The van der Waals surface area contributed by atoms with Crippen molar-refractivity contribution in [2.24, 2.45) is 0 Å². The van der Waals surface area contributed by atoms with E-state index < -0.39 is 7.92 Å². The molecule has 1 atom stereocenters. The zero-order valence-electron chi connectivity index (χ0n) is 14.0. The highest BCUT2D eigenvalue weighted by Gasteiger charge is 2.16. The maximum atomic E-state index is 4.28. The third kappa shape index (κ3) is 7.20. The summed E-state index contributed by atoms with van der Waals surface area (Å²) in [6.45, 7) is 18.1. The molecule has 1 unspecified atom stereocenters. The maximum absolute atomic E-state index is 4.28. The molecule has 0 saturated heterocycles. The average Bonchev–Trinajstić information content (AvgIpc) is 2.51. The van der Waals surface area contributed by atoms with E-state index in [-0.39, 0.29) is 0 Å². The molecule has 0 N–H and O–H groups in total. The van der Waals surface area contributed by atoms with E-state index in [1.165, 1.54) is 10.6 Å². The first-order valence-corrected chi connectivity index (χ1v) is 8.69. The normalized spacial score (nSPS) is 15.2. The highest BCUT2D eigenvalue weighted by molar-refractivity contribution is 7.71. The zero-order chi connectivity index (χ0) is 16.8. The number of hydrogen-bond acceptors (Lipinski definition) is 0. The fourth-order valence-electron chi connectivity index (χ4n) is 1.76. The average molecular weight is 310 g/mol. The quantitative estimate of drug-likeness (QED) is 0.307. The number of hydrogen-bond donors (Lipinski definition) is 0. The van der Waals surface area contributed by atoms with Crippen LogP contribution >= 0.6 is 7.92 Å². The van der Waals surface area contributed by atoms with E-state index >= 15 is 0 Å². The van der Waals surface area contributed by atoms with Crippen LogP contribution in [0.2, 0.25) is 0 Å². The van der Waals surface area contributed by atoms with Crippen LogP contribution in [-0.4, -0.2) is 0 Å². The molecule has 0 saturated carbocycles. The van der Waals surface area contributed by atoms with Gasteiger partial charge in [0.15, 0.2) is 0 Å². The molecule has 0 aromatic heterocycles. The van der Waals surface area contributed by atoms with Crippen LogP contribution in [0.1, 0.15) is 20.8 Å². The smallest absolute Gasteiger partial charge is 0.0141 e. The molecule has 1 heteroatoms. The van der Waals surface area contributed by atoms with Crippen LogP contribution in [0.25, 0.3) is 0 Å². The van der Waals surface area contributed by atoms with Crippen LogP contribution in [0.3, 0.4) is 0 Å². The first kappa shape index (κ1) is 20.1. The van der Waals surface area contributed by atoms with E-state index in [1.54, 1.807) is 0 Å². The Bertz CT molecular complexity index is 548. The van der Waals surface area contributed by atoms with E-state index in [1.807, 2.05) is 75.5 Å². The molecule has 0 spiro atoms. The lowest BCUT2D eigenvalue weighted by Crippen LogP contribution is -1.85. The summed E-state index contributed by atoms with van der Waals surface area (Å²) < 4.78 is 0. The maximum Gasteiger partial charge on any atom is -0.0141 e. The monoisotopic (exact) mass is 310 g/mol. The second-order valence-corrected chi connectivity index (χ2v) is 6.64. The van der Waals surface area contributed by atoms with Gasteiger partial charge in [0, 0.05) is 0 Å². The molecule has 0 heterocycles. The topological polar surface area (TPSA) is 0 Å². The molecule has 0 amide bonds. The molecule has 0 aliphatic carbocycles. The summed E-state index contributed by atoms with van der Waals surface area (Å²) in [5, 5.41) is 3.46. The summed E-state index contributed by atoms with van der Waals surface area (Å²) in [6, 6.07) is 0. The van der Waals surface area contributed by atoms with Crippen molar-refractivity contribution < 1.29 is 0 Å². The Morgan fingerprint density at radius 2 is 1.45 bits per heavy atom. The molecular weight excluding hydrogens is 283 g/mol. The van der Waals surface area contributed by atoms with Crippen LogP contribution < -0.4 is 0 Å². The van der Waals surface area contributed by atoms with Gasteiger partial charge < -0.3 is 0 Å². The largest absolute Gasteiger partial charge is 0.0990 e. The van der Waals surface area contributed by atoms with E-state index in [4.69, 9.17) is 0 Å². The Labute approximate surface area is 137 Å². The summed E-state index contributed by atoms with van der Waals surface area (Å²) in [5.41, 5.74) is 0. The minimum atomic E-state index is -0.709. The Morgan fingerprint density at radius 3 is 1.95 bits per heavy atom. The van der Waals surface area contributed by atoms with Crippen molar-refractivity contribution in [3.8, 4) is 0 Å². The lowest BCUT2D eigenvalue weighted by atomic mass is 10.4. The Morgan fingerprint density at radius 1 is 0.773 bits per heavy atom. The van der Waals surface area contributed by atoms with Crippen molar-refractivity contribution in [2.75, 3.05) is 0 Å². The van der Waals surface area contributed by atoms with E-state index in [0.717, 1.165) is 5.31 Å². The van der Waals surface area contributed by atoms with Gasteiger partial charge in [-0.1, -0.05) is 92.6 Å². The van der Waals surface area contributed by atoms with Gasteiger partial charge in [-0.15, -0.1) is 0 Å². The fourth-order valence-corrected chi connectivity index (χ4v) is 3.92. The summed E-state index contributed by atoms with van der Waals surface area (Å²) in [6.07, 6.45) is 24.2. The van der Waals surface area contributed by atoms with Crippen molar-refractivity contribution in [3.63, 3.8) is 0 Å². The first-order valence-electron chi connectivity index (χ1n) is 7.35. The molecule has 0 aromatic carbocycles. The number of rotatable bonds is 9. The molecular formula is C21H27P. The van der Waals surface area contributed by atoms with E-state index in [9.17, 15) is 0 Å². The standard InChI is InChI=1S/C21H27P/c1-7-12-14-17-19(6)22(20(11-5)18-13-8-2)21(15-9-3)16-10-4/h7-18H,3,5-6H2,1-2,4H3/b12-7-,13-8-,16-10-,17-14-,20-18+,21-15+. The Balaban J connectivity index is 5.94. The molecule has 22 heavy (non-hydrogen) atoms. The lowest BCUT2D eigenvalue weighted by molar-refractivity contribution is 1.68. The molecule has 0 bridgehead atoms. The van der Waals surface area contributed by atoms with Crippen LogP contribution in [-0.2, 0) is 0 Å². The molecule has 0 aromatic rings. The Hall–Kier alpha value is -1.91. The zero-order valence-corrected chi connectivity index (χ0v) is 14.9. The van der Waals surface area contributed by atoms with Gasteiger partial charge in [-0.05, 0) is 44.6 Å². The summed E-state index contributed by atoms with van der Waals surface area (Å²) in [7, 11) is -0.709. The third-order valence-corrected chi connectivity index (χ3v) is 5.08. The van der Waals surface area contributed by atoms with Gasteiger partial charge in [0.05, 0.1) is 0 Å². The van der Waals surface area contributed by atoms with Gasteiger partial charge in [0.25, 0.3) is 0 Å². The summed E-state index contributed by atoms with van der Waals surface area (Å²) in [4.78, 5) is 0. The van der Waals surface area contributed by atoms with Crippen LogP contribution in [0.4, 0.5) is 0 Å². The predicted molar refractivity (Wildman–Crippen MR) is 106 cm³/mol. The van der Waals surface area contributed by atoms with Gasteiger partial charge in [0.2, 0.25) is 0 Å². The van der Waals surface area contributed by atoms with Crippen molar-refractivity contribution in [1.82, 2.24) is 0 Å². The second kappa shape index (κ2) is 12.8. The van der Waals surface area contributed by atoms with Gasteiger partial charge >= 0.3 is 0 Å².